The van der Waals surface area contributed by atoms with Gasteiger partial charge in [0.25, 0.3) is 0 Å². The lowest BCUT2D eigenvalue weighted by molar-refractivity contribution is 0.473. The van der Waals surface area contributed by atoms with E-state index in [0.29, 0.717) is 91.6 Å². The Hall–Kier alpha value is -7.06. The van der Waals surface area contributed by atoms with Crippen LogP contribution in [0.4, 0.5) is 0 Å². The van der Waals surface area contributed by atoms with Gasteiger partial charge < -0.3 is 20.4 Å². The summed E-state index contributed by atoms with van der Waals surface area (Å²) in [4.78, 5) is 20.7. The molecule has 0 aromatic heterocycles. The summed E-state index contributed by atoms with van der Waals surface area (Å²) >= 11 is 0. The first-order valence-corrected chi connectivity index (χ1v) is 16.9. The number of aromatic hydroxyl groups is 4. The molecule has 0 unspecified atom stereocenters. The molecule has 5 aliphatic rings. The SMILES string of the molecule is Oc1ccccc1C1=C2C=CC(=N2)C(c2ccccc2O)=C2C=CC(=N2)C(c2ccccc2O)=C2CCC(=N2)C(c2ccccc2O)=C2C=CC1=N2. The topological polar surface area (TPSA) is 130 Å². The summed E-state index contributed by atoms with van der Waals surface area (Å²) in [5.41, 5.74) is 9.80. The zero-order valence-corrected chi connectivity index (χ0v) is 27.7. The second-order valence-corrected chi connectivity index (χ2v) is 12.7. The largest absolute Gasteiger partial charge is 0.507 e. The molecule has 0 amide bonds. The molecule has 52 heavy (non-hydrogen) atoms. The maximum absolute atomic E-state index is 11.2. The highest BCUT2D eigenvalue weighted by Gasteiger charge is 2.31. The summed E-state index contributed by atoms with van der Waals surface area (Å²) in [5, 5.41) is 44.7. The van der Waals surface area contributed by atoms with Gasteiger partial charge in [-0.25, -0.2) is 15.0 Å². The molecule has 0 saturated heterocycles. The molecule has 0 fully saturated rings. The molecule has 250 valence electrons. The number of hydrogen-bond donors (Lipinski definition) is 4. The Morgan fingerprint density at radius 2 is 0.692 bits per heavy atom. The Morgan fingerprint density at radius 3 is 1.12 bits per heavy atom. The van der Waals surface area contributed by atoms with Crippen molar-refractivity contribution in [2.24, 2.45) is 20.0 Å². The molecule has 0 radical (unpaired) electrons. The van der Waals surface area contributed by atoms with Crippen molar-refractivity contribution in [1.82, 2.24) is 0 Å². The van der Waals surface area contributed by atoms with Gasteiger partial charge in [0.1, 0.15) is 23.0 Å². The maximum Gasteiger partial charge on any atom is 0.123 e. The predicted molar refractivity (Wildman–Crippen MR) is 207 cm³/mol. The summed E-state index contributed by atoms with van der Waals surface area (Å²) in [6.45, 7) is 0. The van der Waals surface area contributed by atoms with Crippen LogP contribution in [0.25, 0.3) is 22.3 Å². The van der Waals surface area contributed by atoms with Gasteiger partial charge in [-0.2, -0.15) is 0 Å². The smallest absolute Gasteiger partial charge is 0.123 e. The number of phenolic OH excluding ortho intramolecular Hbond substituents is 4. The van der Waals surface area contributed by atoms with Crippen LogP contribution in [0.3, 0.4) is 0 Å². The zero-order chi connectivity index (χ0) is 35.3. The van der Waals surface area contributed by atoms with Crippen molar-refractivity contribution in [1.29, 1.82) is 0 Å². The molecule has 5 aliphatic heterocycles. The Labute approximate surface area is 299 Å². The minimum atomic E-state index is 0.0739. The third kappa shape index (κ3) is 5.16. The van der Waals surface area contributed by atoms with E-state index in [2.05, 4.69) is 0 Å². The van der Waals surface area contributed by atoms with Crippen LogP contribution in [0.15, 0.2) is 176 Å². The molecule has 0 atom stereocenters. The van der Waals surface area contributed by atoms with Crippen molar-refractivity contribution >= 4 is 45.1 Å². The Balaban J connectivity index is 1.40. The van der Waals surface area contributed by atoms with Crippen LogP contribution in [0.1, 0.15) is 35.1 Å². The van der Waals surface area contributed by atoms with Gasteiger partial charge in [-0.3, -0.25) is 4.99 Å². The molecule has 0 spiro atoms. The molecular formula is C44H30N4O4. The van der Waals surface area contributed by atoms with Gasteiger partial charge in [-0.15, -0.1) is 0 Å². The van der Waals surface area contributed by atoms with Crippen molar-refractivity contribution in [3.05, 3.63) is 179 Å². The van der Waals surface area contributed by atoms with Gasteiger partial charge in [0.05, 0.1) is 45.6 Å². The molecule has 4 N–H and O–H groups in total. The van der Waals surface area contributed by atoms with E-state index >= 15 is 0 Å². The van der Waals surface area contributed by atoms with Crippen molar-refractivity contribution in [3.8, 4) is 23.0 Å². The van der Waals surface area contributed by atoms with Gasteiger partial charge in [0.2, 0.25) is 0 Å². The fourth-order valence-corrected chi connectivity index (χ4v) is 7.23. The monoisotopic (exact) mass is 678 g/mol. The molecule has 0 aliphatic carbocycles. The van der Waals surface area contributed by atoms with Crippen molar-refractivity contribution in [2.45, 2.75) is 12.8 Å². The van der Waals surface area contributed by atoms with Crippen LogP contribution in [0, 0.1) is 0 Å². The van der Waals surface area contributed by atoms with Crippen molar-refractivity contribution in [3.63, 3.8) is 0 Å². The third-order valence-electron chi connectivity index (χ3n) is 9.60. The molecule has 0 saturated carbocycles. The summed E-state index contributed by atoms with van der Waals surface area (Å²) in [6, 6.07) is 28.5. The zero-order valence-electron chi connectivity index (χ0n) is 27.7. The molecule has 8 heteroatoms. The van der Waals surface area contributed by atoms with E-state index in [-0.39, 0.29) is 23.0 Å². The van der Waals surface area contributed by atoms with E-state index in [9.17, 15) is 20.4 Å². The molecule has 4 aromatic rings. The van der Waals surface area contributed by atoms with E-state index in [0.717, 1.165) is 11.4 Å². The average Bonchev–Trinajstić information content (AvgIpc) is 3.99. The standard InChI is InChI=1S/C44H30N4O4/c49-37-13-5-1-9-25(37)41-29-17-19-31(45-29)42(26-10-2-6-14-38(26)50)33-21-23-35(47-33)44(28-12-4-8-16-40(28)52)36-24-22-34(48-36)43(32-20-18-30(41)46-32)27-11-3-7-15-39(27)51/h1-21,23,49-52H,22,24H2. The predicted octanol–water partition coefficient (Wildman–Crippen LogP) is 8.73. The van der Waals surface area contributed by atoms with Gasteiger partial charge in [0.15, 0.2) is 0 Å². The first-order valence-electron chi connectivity index (χ1n) is 16.9. The number of aliphatic imine (C=N–C) groups is 4. The normalized spacial score (nSPS) is 17.7. The fraction of sp³-hybridized carbons (Fsp3) is 0.0455. The number of hydrogen-bond acceptors (Lipinski definition) is 8. The highest BCUT2D eigenvalue weighted by molar-refractivity contribution is 6.39. The first kappa shape index (κ1) is 31.0. The van der Waals surface area contributed by atoms with Crippen molar-refractivity contribution in [2.75, 3.05) is 0 Å². The number of fused-ring (bicyclic) bond motifs is 4. The Bertz CT molecular complexity index is 2600. The van der Waals surface area contributed by atoms with E-state index in [1.54, 1.807) is 48.5 Å². The quantitative estimate of drug-likeness (QED) is 0.172. The highest BCUT2D eigenvalue weighted by Crippen LogP contribution is 2.43. The highest BCUT2D eigenvalue weighted by atomic mass is 16.3. The average molecular weight is 679 g/mol. The molecule has 4 aromatic carbocycles. The second-order valence-electron chi connectivity index (χ2n) is 12.7. The molecule has 8 nitrogen and oxygen atoms in total. The van der Waals surface area contributed by atoms with Crippen molar-refractivity contribution < 1.29 is 20.4 Å². The number of benzene rings is 4. The minimum Gasteiger partial charge on any atom is -0.507 e. The van der Waals surface area contributed by atoms with Gasteiger partial charge in [-0.1, -0.05) is 72.8 Å². The Morgan fingerprint density at radius 1 is 0.346 bits per heavy atom. The molecular weight excluding hydrogens is 649 g/mol. The summed E-state index contributed by atoms with van der Waals surface area (Å²) in [6.07, 6.45) is 12.4. The second kappa shape index (κ2) is 12.4. The van der Waals surface area contributed by atoms with Crippen LogP contribution in [-0.2, 0) is 0 Å². The van der Waals surface area contributed by atoms with E-state index in [1.807, 2.05) is 85.0 Å². The van der Waals surface area contributed by atoms with Crippen LogP contribution < -0.4 is 0 Å². The van der Waals surface area contributed by atoms with Crippen LogP contribution in [-0.4, -0.2) is 43.3 Å². The number of para-hydroxylation sites is 4. The lowest BCUT2D eigenvalue weighted by atomic mass is 9.95. The minimum absolute atomic E-state index is 0.0739. The summed E-state index contributed by atoms with van der Waals surface area (Å²) in [7, 11) is 0. The first-order chi connectivity index (χ1) is 25.4. The number of phenols is 4. The lowest BCUT2D eigenvalue weighted by Crippen LogP contribution is -2.04. The van der Waals surface area contributed by atoms with E-state index in [4.69, 9.17) is 20.0 Å². The fourth-order valence-electron chi connectivity index (χ4n) is 7.23. The molecule has 8 bridgehead atoms. The third-order valence-corrected chi connectivity index (χ3v) is 9.60. The van der Waals surface area contributed by atoms with Gasteiger partial charge >= 0.3 is 0 Å². The van der Waals surface area contributed by atoms with Gasteiger partial charge in [-0.05, 0) is 73.6 Å². The Kier molecular flexibility index (Phi) is 7.36. The lowest BCUT2D eigenvalue weighted by Gasteiger charge is -2.14. The van der Waals surface area contributed by atoms with Crippen LogP contribution >= 0.6 is 0 Å². The molecule has 5 heterocycles. The number of rotatable bonds is 4. The van der Waals surface area contributed by atoms with E-state index in [1.165, 1.54) is 0 Å². The van der Waals surface area contributed by atoms with E-state index < -0.39 is 0 Å². The van der Waals surface area contributed by atoms with Gasteiger partial charge in [0, 0.05) is 44.5 Å². The summed E-state index contributed by atoms with van der Waals surface area (Å²) in [5.74, 6) is 0.341. The number of nitrogens with zero attached hydrogens (tertiary/aromatic N) is 4. The maximum atomic E-state index is 11.2. The number of allylic oxidation sites excluding steroid dienone is 11. The summed E-state index contributed by atoms with van der Waals surface area (Å²) < 4.78 is 0. The van der Waals surface area contributed by atoms with Crippen LogP contribution in [0.2, 0.25) is 0 Å². The van der Waals surface area contributed by atoms with Crippen LogP contribution in [0.5, 0.6) is 23.0 Å². The molecule has 9 rings (SSSR count).